The molecule has 0 radical (unpaired) electrons. The van der Waals surface area contributed by atoms with E-state index in [4.69, 9.17) is 11.6 Å². The van der Waals surface area contributed by atoms with Crippen molar-refractivity contribution >= 4 is 11.6 Å². The lowest BCUT2D eigenvalue weighted by molar-refractivity contribution is 0.627. The van der Waals surface area contributed by atoms with E-state index in [0.717, 1.165) is 11.1 Å². The number of hydrogen-bond acceptors (Lipinski definition) is 2. The molecule has 0 N–H and O–H groups in total. The van der Waals surface area contributed by atoms with Crippen LogP contribution in [0.4, 0.5) is 4.39 Å². The van der Waals surface area contributed by atoms with Gasteiger partial charge in [-0.3, -0.25) is 0 Å². The second-order valence-corrected chi connectivity index (χ2v) is 3.92. The van der Waals surface area contributed by atoms with Crippen LogP contribution in [0, 0.1) is 12.7 Å². The molecule has 0 amide bonds. The summed E-state index contributed by atoms with van der Waals surface area (Å²) in [5.41, 5.74) is 1.81. The molecule has 1 aromatic heterocycles. The van der Waals surface area contributed by atoms with Crippen LogP contribution in [0.5, 0.6) is 0 Å². The highest BCUT2D eigenvalue weighted by atomic mass is 35.5. The molecule has 0 unspecified atom stereocenters. The summed E-state index contributed by atoms with van der Waals surface area (Å²) in [4.78, 5) is 8.32. The van der Waals surface area contributed by atoms with Gasteiger partial charge in [0.2, 0.25) is 0 Å². The standard InChI is InChI=1S/C12H10ClFN2/c1-8-7-15-11(16-12(8)13)6-9-2-4-10(14)5-3-9/h2-5,7H,6H2,1H3. The molecule has 0 aliphatic heterocycles. The van der Waals surface area contributed by atoms with Crippen LogP contribution in [0.1, 0.15) is 17.0 Å². The molecule has 2 aromatic rings. The van der Waals surface area contributed by atoms with Crippen LogP contribution in [-0.4, -0.2) is 9.97 Å². The fraction of sp³-hybridized carbons (Fsp3) is 0.167. The highest BCUT2D eigenvalue weighted by molar-refractivity contribution is 6.30. The molecule has 82 valence electrons. The average molecular weight is 237 g/mol. The van der Waals surface area contributed by atoms with Crippen molar-refractivity contribution in [2.75, 3.05) is 0 Å². The van der Waals surface area contributed by atoms with Gasteiger partial charge in [-0.15, -0.1) is 0 Å². The summed E-state index contributed by atoms with van der Waals surface area (Å²) < 4.78 is 12.7. The molecule has 0 aliphatic carbocycles. The lowest BCUT2D eigenvalue weighted by Gasteiger charge is -2.02. The van der Waals surface area contributed by atoms with E-state index in [1.807, 2.05) is 6.92 Å². The lowest BCUT2D eigenvalue weighted by Crippen LogP contribution is -1.97. The van der Waals surface area contributed by atoms with E-state index in [1.54, 1.807) is 18.3 Å². The smallest absolute Gasteiger partial charge is 0.135 e. The Kier molecular flexibility index (Phi) is 3.15. The van der Waals surface area contributed by atoms with Crippen LogP contribution in [0.3, 0.4) is 0 Å². The third-order valence-electron chi connectivity index (χ3n) is 2.24. The molecule has 1 heterocycles. The largest absolute Gasteiger partial charge is 0.241 e. The van der Waals surface area contributed by atoms with Crippen molar-refractivity contribution in [2.24, 2.45) is 0 Å². The predicted molar refractivity (Wildman–Crippen MR) is 61.0 cm³/mol. The molecule has 0 saturated heterocycles. The Morgan fingerprint density at radius 1 is 1.25 bits per heavy atom. The summed E-state index contributed by atoms with van der Waals surface area (Å²) in [7, 11) is 0. The molecule has 0 aliphatic rings. The SMILES string of the molecule is Cc1cnc(Cc2ccc(F)cc2)nc1Cl. The molecule has 0 spiro atoms. The molecule has 0 atom stereocenters. The molecular formula is C12H10ClFN2. The van der Waals surface area contributed by atoms with E-state index in [-0.39, 0.29) is 5.82 Å². The third kappa shape index (κ3) is 2.55. The van der Waals surface area contributed by atoms with Crippen LogP contribution in [0.15, 0.2) is 30.5 Å². The maximum absolute atomic E-state index is 12.7. The minimum absolute atomic E-state index is 0.244. The van der Waals surface area contributed by atoms with Gasteiger partial charge in [0.1, 0.15) is 16.8 Å². The zero-order chi connectivity index (χ0) is 11.5. The van der Waals surface area contributed by atoms with Crippen LogP contribution < -0.4 is 0 Å². The number of nitrogens with zero attached hydrogens (tertiary/aromatic N) is 2. The van der Waals surface area contributed by atoms with Crippen LogP contribution in [0.2, 0.25) is 5.15 Å². The Morgan fingerprint density at radius 2 is 1.94 bits per heavy atom. The first kappa shape index (κ1) is 11.0. The van der Waals surface area contributed by atoms with Gasteiger partial charge < -0.3 is 0 Å². The number of halogens is 2. The second-order valence-electron chi connectivity index (χ2n) is 3.56. The minimum Gasteiger partial charge on any atom is -0.241 e. The van der Waals surface area contributed by atoms with Gasteiger partial charge in [0.05, 0.1) is 0 Å². The van der Waals surface area contributed by atoms with Crippen molar-refractivity contribution in [1.82, 2.24) is 9.97 Å². The van der Waals surface area contributed by atoms with E-state index in [1.165, 1.54) is 12.1 Å². The van der Waals surface area contributed by atoms with Crippen molar-refractivity contribution in [3.63, 3.8) is 0 Å². The highest BCUT2D eigenvalue weighted by Crippen LogP contribution is 2.12. The van der Waals surface area contributed by atoms with Crippen molar-refractivity contribution < 1.29 is 4.39 Å². The van der Waals surface area contributed by atoms with Crippen LogP contribution in [0.25, 0.3) is 0 Å². The second kappa shape index (κ2) is 4.58. The van der Waals surface area contributed by atoms with E-state index >= 15 is 0 Å². The Morgan fingerprint density at radius 3 is 2.56 bits per heavy atom. The van der Waals surface area contributed by atoms with Crippen LogP contribution in [-0.2, 0) is 6.42 Å². The molecule has 4 heteroatoms. The normalized spacial score (nSPS) is 10.4. The van der Waals surface area contributed by atoms with Crippen LogP contribution >= 0.6 is 11.6 Å². The molecule has 0 bridgehead atoms. The van der Waals surface area contributed by atoms with Gasteiger partial charge in [0, 0.05) is 18.2 Å². The maximum atomic E-state index is 12.7. The fourth-order valence-corrected chi connectivity index (χ4v) is 1.47. The van der Waals surface area contributed by atoms with Gasteiger partial charge in [0.25, 0.3) is 0 Å². The maximum Gasteiger partial charge on any atom is 0.135 e. The van der Waals surface area contributed by atoms with Crippen molar-refractivity contribution in [3.8, 4) is 0 Å². The van der Waals surface area contributed by atoms with Crippen molar-refractivity contribution in [2.45, 2.75) is 13.3 Å². The van der Waals surface area contributed by atoms with Gasteiger partial charge in [-0.1, -0.05) is 23.7 Å². The molecule has 2 nitrogen and oxygen atoms in total. The Bertz CT molecular complexity index is 497. The summed E-state index contributed by atoms with van der Waals surface area (Å²) in [6.07, 6.45) is 2.24. The Hall–Kier alpha value is -1.48. The number of aryl methyl sites for hydroxylation is 1. The topological polar surface area (TPSA) is 25.8 Å². The third-order valence-corrected chi connectivity index (χ3v) is 2.62. The summed E-state index contributed by atoms with van der Waals surface area (Å²) in [5.74, 6) is 0.397. The molecule has 2 rings (SSSR count). The van der Waals surface area contributed by atoms with Gasteiger partial charge in [-0.25, -0.2) is 14.4 Å². The van der Waals surface area contributed by atoms with E-state index < -0.39 is 0 Å². The summed E-state index contributed by atoms with van der Waals surface area (Å²) >= 11 is 5.89. The highest BCUT2D eigenvalue weighted by Gasteiger charge is 2.03. The number of rotatable bonds is 2. The van der Waals surface area contributed by atoms with Gasteiger partial charge in [0.15, 0.2) is 0 Å². The number of hydrogen-bond donors (Lipinski definition) is 0. The van der Waals surface area contributed by atoms with Crippen molar-refractivity contribution in [3.05, 3.63) is 58.4 Å². The zero-order valence-corrected chi connectivity index (χ0v) is 9.50. The molecule has 0 fully saturated rings. The Balaban J connectivity index is 2.20. The van der Waals surface area contributed by atoms with E-state index in [0.29, 0.717) is 17.4 Å². The monoisotopic (exact) mass is 236 g/mol. The lowest BCUT2D eigenvalue weighted by atomic mass is 10.1. The van der Waals surface area contributed by atoms with Gasteiger partial charge >= 0.3 is 0 Å². The first-order chi connectivity index (χ1) is 7.65. The van der Waals surface area contributed by atoms with E-state index in [2.05, 4.69) is 9.97 Å². The zero-order valence-electron chi connectivity index (χ0n) is 8.74. The summed E-state index contributed by atoms with van der Waals surface area (Å²) in [6.45, 7) is 1.85. The first-order valence-corrected chi connectivity index (χ1v) is 5.25. The number of benzene rings is 1. The van der Waals surface area contributed by atoms with E-state index in [9.17, 15) is 4.39 Å². The summed E-state index contributed by atoms with van der Waals surface area (Å²) in [5, 5.41) is 0.465. The molecule has 16 heavy (non-hydrogen) atoms. The average Bonchev–Trinajstić information content (AvgIpc) is 2.27. The van der Waals surface area contributed by atoms with Gasteiger partial charge in [-0.2, -0.15) is 0 Å². The minimum atomic E-state index is -0.244. The van der Waals surface area contributed by atoms with Gasteiger partial charge in [-0.05, 0) is 24.6 Å². The molecule has 1 aromatic carbocycles. The molecule has 0 saturated carbocycles. The fourth-order valence-electron chi connectivity index (χ4n) is 1.32. The quantitative estimate of drug-likeness (QED) is 0.749. The molecular weight excluding hydrogens is 227 g/mol. The number of aromatic nitrogens is 2. The Labute approximate surface area is 98.1 Å². The predicted octanol–water partition coefficient (Wildman–Crippen LogP) is 3.17. The first-order valence-electron chi connectivity index (χ1n) is 4.87. The summed E-state index contributed by atoms with van der Waals surface area (Å²) in [6, 6.07) is 6.27. The van der Waals surface area contributed by atoms with Crippen molar-refractivity contribution in [1.29, 1.82) is 0 Å².